The van der Waals surface area contributed by atoms with Gasteiger partial charge in [0, 0.05) is 29.7 Å². The van der Waals surface area contributed by atoms with Gasteiger partial charge in [-0.05, 0) is 48.1 Å². The van der Waals surface area contributed by atoms with Crippen molar-refractivity contribution >= 4 is 23.4 Å². The van der Waals surface area contributed by atoms with Crippen LogP contribution in [0.5, 0.6) is 0 Å². The van der Waals surface area contributed by atoms with E-state index in [1.54, 1.807) is 12.4 Å². The Labute approximate surface area is 175 Å². The molecule has 4 rings (SSSR count). The number of pyridine rings is 1. The minimum Gasteiger partial charge on any atom is -0.325 e. The van der Waals surface area contributed by atoms with Crippen LogP contribution in [-0.2, 0) is 10.2 Å². The van der Waals surface area contributed by atoms with Crippen LogP contribution in [0.1, 0.15) is 45.2 Å². The Balaban J connectivity index is 1.41. The van der Waals surface area contributed by atoms with Gasteiger partial charge in [0.25, 0.3) is 0 Å². The Morgan fingerprint density at radius 2 is 1.79 bits per heavy atom. The van der Waals surface area contributed by atoms with Crippen LogP contribution in [0.3, 0.4) is 0 Å². The molecular weight excluding hydrogens is 382 g/mol. The number of aromatic nitrogens is 4. The lowest BCUT2D eigenvalue weighted by atomic mass is 9.87. The van der Waals surface area contributed by atoms with Gasteiger partial charge >= 0.3 is 0 Å². The van der Waals surface area contributed by atoms with Crippen molar-refractivity contribution in [1.29, 1.82) is 0 Å². The van der Waals surface area contributed by atoms with Gasteiger partial charge in [-0.2, -0.15) is 0 Å². The first-order valence-corrected chi connectivity index (χ1v) is 10.8. The predicted molar refractivity (Wildman–Crippen MR) is 116 cm³/mol. The largest absolute Gasteiger partial charge is 0.325 e. The molecule has 1 saturated carbocycles. The third-order valence-electron chi connectivity index (χ3n) is 4.88. The van der Waals surface area contributed by atoms with Crippen LogP contribution in [0.2, 0.25) is 0 Å². The van der Waals surface area contributed by atoms with Gasteiger partial charge in [-0.1, -0.05) is 44.7 Å². The molecule has 3 aromatic rings. The number of nitrogens with zero attached hydrogens (tertiary/aromatic N) is 4. The van der Waals surface area contributed by atoms with Crippen LogP contribution >= 0.6 is 11.8 Å². The SMILES string of the molecule is CC(C)(C)c1ccc(NC(=O)CSc2nnc(-c3ccncc3)n2C2CC2)cc1. The second-order valence-electron chi connectivity index (χ2n) is 8.31. The highest BCUT2D eigenvalue weighted by Crippen LogP contribution is 2.41. The van der Waals surface area contributed by atoms with Gasteiger partial charge in [-0.25, -0.2) is 0 Å². The summed E-state index contributed by atoms with van der Waals surface area (Å²) < 4.78 is 2.16. The smallest absolute Gasteiger partial charge is 0.234 e. The van der Waals surface area contributed by atoms with E-state index in [4.69, 9.17) is 0 Å². The Bertz CT molecular complexity index is 988. The van der Waals surface area contributed by atoms with Gasteiger partial charge in [-0.3, -0.25) is 14.3 Å². The van der Waals surface area contributed by atoms with Crippen LogP contribution in [0.4, 0.5) is 5.69 Å². The zero-order chi connectivity index (χ0) is 20.4. The molecule has 0 saturated heterocycles. The molecule has 1 N–H and O–H groups in total. The summed E-state index contributed by atoms with van der Waals surface area (Å²) in [5, 5.41) is 12.5. The highest BCUT2D eigenvalue weighted by molar-refractivity contribution is 7.99. The van der Waals surface area contributed by atoms with Gasteiger partial charge < -0.3 is 5.32 Å². The van der Waals surface area contributed by atoms with Crippen molar-refractivity contribution in [3.8, 4) is 11.4 Å². The standard InChI is InChI=1S/C22H25N5OS/c1-22(2,3)16-4-6-17(7-5-16)24-19(28)14-29-21-26-25-20(27(21)18-8-9-18)15-10-12-23-13-11-15/h4-7,10-13,18H,8-9,14H2,1-3H3,(H,24,28). The van der Waals surface area contributed by atoms with Crippen molar-refractivity contribution in [2.75, 3.05) is 11.1 Å². The maximum atomic E-state index is 12.4. The monoisotopic (exact) mass is 407 g/mol. The van der Waals surface area contributed by atoms with E-state index in [1.165, 1.54) is 17.3 Å². The molecule has 2 heterocycles. The molecule has 0 atom stereocenters. The molecule has 0 aliphatic heterocycles. The summed E-state index contributed by atoms with van der Waals surface area (Å²) in [6.45, 7) is 6.52. The molecular formula is C22H25N5OS. The van der Waals surface area contributed by atoms with Crippen molar-refractivity contribution in [3.05, 3.63) is 54.4 Å². The minimum absolute atomic E-state index is 0.0469. The quantitative estimate of drug-likeness (QED) is 0.600. The fourth-order valence-electron chi connectivity index (χ4n) is 3.12. The van der Waals surface area contributed by atoms with Gasteiger partial charge in [0.15, 0.2) is 11.0 Å². The van der Waals surface area contributed by atoms with Crippen molar-refractivity contribution in [1.82, 2.24) is 19.7 Å². The fourth-order valence-corrected chi connectivity index (χ4v) is 3.92. The molecule has 1 aromatic carbocycles. The van der Waals surface area contributed by atoms with E-state index >= 15 is 0 Å². The molecule has 150 valence electrons. The van der Waals surface area contributed by atoms with E-state index < -0.39 is 0 Å². The Morgan fingerprint density at radius 1 is 1.10 bits per heavy atom. The van der Waals surface area contributed by atoms with Crippen LogP contribution < -0.4 is 5.32 Å². The number of thioether (sulfide) groups is 1. The third-order valence-corrected chi connectivity index (χ3v) is 5.83. The minimum atomic E-state index is -0.0469. The predicted octanol–water partition coefficient (Wildman–Crippen LogP) is 4.70. The van der Waals surface area contributed by atoms with E-state index in [0.717, 1.165) is 35.1 Å². The molecule has 0 unspecified atom stereocenters. The van der Waals surface area contributed by atoms with E-state index in [1.807, 2.05) is 24.3 Å². The summed E-state index contributed by atoms with van der Waals surface area (Å²) >= 11 is 1.43. The maximum absolute atomic E-state index is 12.4. The molecule has 7 heteroatoms. The van der Waals surface area contributed by atoms with Crippen molar-refractivity contribution in [2.45, 2.75) is 50.2 Å². The summed E-state index contributed by atoms with van der Waals surface area (Å²) in [5.41, 5.74) is 3.14. The van der Waals surface area contributed by atoms with E-state index in [9.17, 15) is 4.79 Å². The summed E-state index contributed by atoms with van der Waals surface area (Å²) in [6.07, 6.45) is 5.75. The van der Waals surface area contributed by atoms with E-state index in [-0.39, 0.29) is 11.3 Å². The van der Waals surface area contributed by atoms with Gasteiger partial charge in [-0.15, -0.1) is 10.2 Å². The second-order valence-corrected chi connectivity index (χ2v) is 9.25. The summed E-state index contributed by atoms with van der Waals surface area (Å²) in [4.78, 5) is 16.5. The summed E-state index contributed by atoms with van der Waals surface area (Å²) in [7, 11) is 0. The third kappa shape index (κ3) is 4.67. The Morgan fingerprint density at radius 3 is 2.41 bits per heavy atom. The number of hydrogen-bond donors (Lipinski definition) is 1. The highest BCUT2D eigenvalue weighted by atomic mass is 32.2. The molecule has 29 heavy (non-hydrogen) atoms. The van der Waals surface area contributed by atoms with Crippen LogP contribution in [0.15, 0.2) is 53.9 Å². The van der Waals surface area contributed by atoms with Crippen LogP contribution in [0.25, 0.3) is 11.4 Å². The number of rotatable bonds is 6. The lowest BCUT2D eigenvalue weighted by molar-refractivity contribution is -0.113. The first kappa shape index (κ1) is 19.6. The number of benzene rings is 1. The number of hydrogen-bond acceptors (Lipinski definition) is 5. The molecule has 1 amide bonds. The average molecular weight is 408 g/mol. The molecule has 6 nitrogen and oxygen atoms in total. The lowest BCUT2D eigenvalue weighted by Gasteiger charge is -2.19. The first-order valence-electron chi connectivity index (χ1n) is 9.80. The lowest BCUT2D eigenvalue weighted by Crippen LogP contribution is -2.15. The number of carbonyl (C=O) groups is 1. The first-order chi connectivity index (χ1) is 13.9. The Kier molecular flexibility index (Phi) is 5.41. The number of nitrogens with one attached hydrogen (secondary N) is 1. The van der Waals surface area contributed by atoms with E-state index in [0.29, 0.717) is 11.8 Å². The van der Waals surface area contributed by atoms with Crippen LogP contribution in [-0.4, -0.2) is 31.4 Å². The summed E-state index contributed by atoms with van der Waals surface area (Å²) in [5.74, 6) is 1.09. The number of amides is 1. The molecule has 2 aromatic heterocycles. The molecule has 0 radical (unpaired) electrons. The Hall–Kier alpha value is -2.67. The van der Waals surface area contributed by atoms with Gasteiger partial charge in [0.1, 0.15) is 0 Å². The fraction of sp³-hybridized carbons (Fsp3) is 0.364. The number of anilines is 1. The van der Waals surface area contributed by atoms with Crippen molar-refractivity contribution in [2.24, 2.45) is 0 Å². The van der Waals surface area contributed by atoms with Crippen LogP contribution in [0, 0.1) is 0 Å². The second kappa shape index (κ2) is 7.99. The topological polar surface area (TPSA) is 72.7 Å². The highest BCUT2D eigenvalue weighted by Gasteiger charge is 2.30. The van der Waals surface area contributed by atoms with E-state index in [2.05, 4.69) is 58.0 Å². The van der Waals surface area contributed by atoms with Gasteiger partial charge in [0.2, 0.25) is 5.91 Å². The molecule has 1 aliphatic rings. The number of carbonyl (C=O) groups excluding carboxylic acids is 1. The normalized spacial score (nSPS) is 14.0. The molecule has 0 bridgehead atoms. The molecule has 1 aliphatic carbocycles. The van der Waals surface area contributed by atoms with Crippen molar-refractivity contribution in [3.63, 3.8) is 0 Å². The van der Waals surface area contributed by atoms with Crippen molar-refractivity contribution < 1.29 is 4.79 Å². The van der Waals surface area contributed by atoms with Gasteiger partial charge in [0.05, 0.1) is 5.75 Å². The average Bonchev–Trinajstić information content (AvgIpc) is 3.45. The molecule has 0 spiro atoms. The maximum Gasteiger partial charge on any atom is 0.234 e. The zero-order valence-electron chi connectivity index (χ0n) is 16.9. The summed E-state index contributed by atoms with van der Waals surface area (Å²) in [6, 6.07) is 12.3. The molecule has 1 fully saturated rings. The zero-order valence-corrected chi connectivity index (χ0v) is 17.7.